The quantitative estimate of drug-likeness (QED) is 0.764. The number of likely N-dealkylation sites (tertiary alicyclic amines) is 1. The number of allylic oxidation sites excluding steroid dienone is 1. The lowest BCUT2D eigenvalue weighted by atomic mass is 9.73. The normalized spacial score (nSPS) is 30.6. The van der Waals surface area contributed by atoms with Gasteiger partial charge >= 0.3 is 0 Å². The number of ether oxygens (including phenoxy) is 1. The van der Waals surface area contributed by atoms with Crippen molar-refractivity contribution in [1.29, 1.82) is 0 Å². The molecule has 2 fully saturated rings. The highest BCUT2D eigenvalue weighted by Gasteiger charge is 2.47. The second-order valence-corrected chi connectivity index (χ2v) is 7.45. The zero-order valence-electron chi connectivity index (χ0n) is 14.6. The number of aliphatic imine (C=N–C) groups is 1. The van der Waals surface area contributed by atoms with Crippen LogP contribution in [-0.4, -0.2) is 52.8 Å². The van der Waals surface area contributed by atoms with Gasteiger partial charge in [0.1, 0.15) is 5.84 Å². The average Bonchev–Trinajstić information content (AvgIpc) is 3.03. The number of rotatable bonds is 0. The number of nitrogens with one attached hydrogen (secondary N) is 1. The van der Waals surface area contributed by atoms with Crippen molar-refractivity contribution in [2.24, 2.45) is 16.1 Å². The average molecular weight is 329 g/mol. The number of hydrogen-bond acceptors (Lipinski definition) is 5. The van der Waals surface area contributed by atoms with Gasteiger partial charge in [0.15, 0.2) is 5.82 Å². The van der Waals surface area contributed by atoms with E-state index in [4.69, 9.17) is 15.5 Å². The minimum Gasteiger partial charge on any atom is -0.376 e. The number of aryl methyl sites for hydroxylation is 1. The molecule has 0 bridgehead atoms. The maximum atomic E-state index is 6.42. The summed E-state index contributed by atoms with van der Waals surface area (Å²) in [6, 6.07) is 0.148. The molecule has 3 aliphatic rings. The van der Waals surface area contributed by atoms with Gasteiger partial charge in [0.2, 0.25) is 0 Å². The van der Waals surface area contributed by atoms with Crippen LogP contribution in [0, 0.1) is 12.3 Å². The summed E-state index contributed by atoms with van der Waals surface area (Å²) in [5, 5.41) is 7.45. The fraction of sp³-hybridized carbons (Fsp3) is 0.667. The van der Waals surface area contributed by atoms with Crippen LogP contribution in [0.2, 0.25) is 0 Å². The van der Waals surface area contributed by atoms with E-state index in [9.17, 15) is 0 Å². The fourth-order valence-corrected chi connectivity index (χ4v) is 4.22. The molecule has 0 radical (unpaired) electrons. The van der Waals surface area contributed by atoms with Gasteiger partial charge in [0.25, 0.3) is 0 Å². The van der Waals surface area contributed by atoms with E-state index in [1.807, 2.05) is 0 Å². The Labute approximate surface area is 143 Å². The van der Waals surface area contributed by atoms with Gasteiger partial charge in [0, 0.05) is 35.8 Å². The summed E-state index contributed by atoms with van der Waals surface area (Å²) < 4.78 is 5.82. The first kappa shape index (κ1) is 15.8. The standard InChI is InChI=1S/C18H27N5O/c1-12-14-5-3-4-6-15(20-17(14)22-21-12)23-9-7-18(8-10-23)11-24-13(2)16(18)19/h4,6,13,16H,3,5,7-11,19H2,1-2H3,(H,21,22)/b6-4-,20-15?/t13-,16+/m1/s1. The number of fused-ring (bicyclic) bond motifs is 1. The SMILES string of the molecule is Cc1[nH]nc2c1CC/C=C\C(N1CCC3(CC1)CO[C@H](C)[C@@H]3N)=N2. The lowest BCUT2D eigenvalue weighted by molar-refractivity contribution is 0.0841. The fourth-order valence-electron chi connectivity index (χ4n) is 4.22. The number of nitrogens with zero attached hydrogens (tertiary/aromatic N) is 3. The van der Waals surface area contributed by atoms with E-state index in [2.05, 4.69) is 41.1 Å². The topological polar surface area (TPSA) is 79.5 Å². The van der Waals surface area contributed by atoms with E-state index < -0.39 is 0 Å². The van der Waals surface area contributed by atoms with E-state index in [1.165, 1.54) is 5.56 Å². The van der Waals surface area contributed by atoms with Crippen LogP contribution in [-0.2, 0) is 11.2 Å². The van der Waals surface area contributed by atoms with E-state index in [0.29, 0.717) is 0 Å². The molecule has 0 aliphatic carbocycles. The molecule has 4 rings (SSSR count). The number of H-pyrrole nitrogens is 1. The van der Waals surface area contributed by atoms with Crippen LogP contribution < -0.4 is 5.73 Å². The number of nitrogens with two attached hydrogens (primary N) is 1. The summed E-state index contributed by atoms with van der Waals surface area (Å²) >= 11 is 0. The van der Waals surface area contributed by atoms with Crippen molar-refractivity contribution in [2.75, 3.05) is 19.7 Å². The zero-order chi connectivity index (χ0) is 16.7. The van der Waals surface area contributed by atoms with E-state index in [0.717, 1.165) is 62.7 Å². The van der Waals surface area contributed by atoms with E-state index >= 15 is 0 Å². The minimum absolute atomic E-state index is 0.148. The maximum Gasteiger partial charge on any atom is 0.179 e. The Morgan fingerprint density at radius 3 is 2.88 bits per heavy atom. The Morgan fingerprint density at radius 1 is 1.38 bits per heavy atom. The molecule has 0 saturated carbocycles. The van der Waals surface area contributed by atoms with Crippen molar-refractivity contribution in [3.05, 3.63) is 23.4 Å². The summed E-state index contributed by atoms with van der Waals surface area (Å²) in [4.78, 5) is 7.22. The zero-order valence-corrected chi connectivity index (χ0v) is 14.6. The van der Waals surface area contributed by atoms with Crippen LogP contribution in [0.25, 0.3) is 0 Å². The highest BCUT2D eigenvalue weighted by molar-refractivity contribution is 5.95. The number of piperidine rings is 1. The molecule has 2 atom stereocenters. The van der Waals surface area contributed by atoms with Crippen molar-refractivity contribution >= 4 is 11.7 Å². The van der Waals surface area contributed by atoms with Crippen LogP contribution in [0.1, 0.15) is 37.4 Å². The second-order valence-electron chi connectivity index (χ2n) is 7.45. The molecule has 0 aromatic carbocycles. The van der Waals surface area contributed by atoms with Gasteiger partial charge in [-0.15, -0.1) is 0 Å². The Kier molecular flexibility index (Phi) is 3.96. The summed E-state index contributed by atoms with van der Waals surface area (Å²) in [5.41, 5.74) is 8.94. The third-order valence-electron chi connectivity index (χ3n) is 6.03. The molecule has 0 unspecified atom stereocenters. The van der Waals surface area contributed by atoms with Crippen LogP contribution in [0.4, 0.5) is 5.82 Å². The molecule has 1 spiro atoms. The predicted molar refractivity (Wildman–Crippen MR) is 94.5 cm³/mol. The molecule has 6 nitrogen and oxygen atoms in total. The van der Waals surface area contributed by atoms with Gasteiger partial charge in [-0.1, -0.05) is 6.08 Å². The van der Waals surface area contributed by atoms with Crippen molar-refractivity contribution < 1.29 is 4.74 Å². The van der Waals surface area contributed by atoms with Gasteiger partial charge in [0.05, 0.1) is 12.7 Å². The van der Waals surface area contributed by atoms with Crippen LogP contribution in [0.3, 0.4) is 0 Å². The first-order chi connectivity index (χ1) is 11.6. The Hall–Kier alpha value is -1.66. The van der Waals surface area contributed by atoms with Crippen LogP contribution >= 0.6 is 0 Å². The number of amidine groups is 1. The number of aromatic nitrogens is 2. The van der Waals surface area contributed by atoms with E-state index in [1.54, 1.807) is 0 Å². The van der Waals surface area contributed by atoms with E-state index in [-0.39, 0.29) is 17.6 Å². The summed E-state index contributed by atoms with van der Waals surface area (Å²) in [6.07, 6.45) is 8.71. The molecular formula is C18H27N5O. The third-order valence-corrected chi connectivity index (χ3v) is 6.03. The Morgan fingerprint density at radius 2 is 2.17 bits per heavy atom. The predicted octanol–water partition coefficient (Wildman–Crippen LogP) is 2.08. The van der Waals surface area contributed by atoms with Gasteiger partial charge < -0.3 is 15.4 Å². The molecule has 1 aromatic rings. The lowest BCUT2D eigenvalue weighted by Gasteiger charge is -2.42. The van der Waals surface area contributed by atoms with Gasteiger partial charge in [-0.05, 0) is 45.6 Å². The number of hydrogen-bond donors (Lipinski definition) is 2. The maximum absolute atomic E-state index is 6.42. The second kappa shape index (κ2) is 6.01. The molecular weight excluding hydrogens is 302 g/mol. The summed E-state index contributed by atoms with van der Waals surface area (Å²) in [5.74, 6) is 1.87. The minimum atomic E-state index is 0.148. The highest BCUT2D eigenvalue weighted by atomic mass is 16.5. The molecule has 4 heterocycles. The van der Waals surface area contributed by atoms with Crippen LogP contribution in [0.15, 0.2) is 17.1 Å². The van der Waals surface area contributed by atoms with Crippen LogP contribution in [0.5, 0.6) is 0 Å². The first-order valence-electron chi connectivity index (χ1n) is 9.00. The molecule has 0 amide bonds. The molecule has 24 heavy (non-hydrogen) atoms. The summed E-state index contributed by atoms with van der Waals surface area (Å²) in [7, 11) is 0. The van der Waals surface area contributed by atoms with Crippen molar-refractivity contribution in [3.8, 4) is 0 Å². The highest BCUT2D eigenvalue weighted by Crippen LogP contribution is 2.41. The van der Waals surface area contributed by atoms with Crippen molar-refractivity contribution in [1.82, 2.24) is 15.1 Å². The van der Waals surface area contributed by atoms with Crippen molar-refractivity contribution in [2.45, 2.75) is 51.7 Å². The Bertz CT molecular complexity index is 669. The van der Waals surface area contributed by atoms with Crippen molar-refractivity contribution in [3.63, 3.8) is 0 Å². The molecule has 2 saturated heterocycles. The third kappa shape index (κ3) is 2.58. The summed E-state index contributed by atoms with van der Waals surface area (Å²) in [6.45, 7) is 6.92. The number of aromatic amines is 1. The lowest BCUT2D eigenvalue weighted by Crippen LogP contribution is -2.51. The first-order valence-corrected chi connectivity index (χ1v) is 9.00. The molecule has 130 valence electrons. The van der Waals surface area contributed by atoms with Gasteiger partial charge in [-0.3, -0.25) is 5.10 Å². The molecule has 1 aromatic heterocycles. The monoisotopic (exact) mass is 329 g/mol. The van der Waals surface area contributed by atoms with Gasteiger partial charge in [-0.2, -0.15) is 5.10 Å². The Balaban J connectivity index is 1.53. The molecule has 3 N–H and O–H groups in total. The van der Waals surface area contributed by atoms with Gasteiger partial charge in [-0.25, -0.2) is 4.99 Å². The molecule has 3 aliphatic heterocycles. The largest absolute Gasteiger partial charge is 0.376 e. The smallest absolute Gasteiger partial charge is 0.179 e. The molecule has 6 heteroatoms.